The van der Waals surface area contributed by atoms with Gasteiger partial charge in [0.1, 0.15) is 0 Å². The number of carbonyl (C=O) groups excluding carboxylic acids is 1. The van der Waals surface area contributed by atoms with Crippen LogP contribution in [-0.4, -0.2) is 21.0 Å². The van der Waals surface area contributed by atoms with Gasteiger partial charge in [0, 0.05) is 23.6 Å². The first-order valence-corrected chi connectivity index (χ1v) is 8.60. The van der Waals surface area contributed by atoms with Gasteiger partial charge in [0.05, 0.1) is 16.8 Å². The topological polar surface area (TPSA) is 80.9 Å². The highest BCUT2D eigenvalue weighted by Crippen LogP contribution is 2.22. The van der Waals surface area contributed by atoms with Gasteiger partial charge in [0.15, 0.2) is 0 Å². The lowest BCUT2D eigenvalue weighted by molar-refractivity contribution is 0.102. The van der Waals surface area contributed by atoms with E-state index in [4.69, 9.17) is 4.52 Å². The first kappa shape index (κ1) is 16.9. The standard InChI is InChI=1S/C21H18N4O2/c1-12-7-8-19-16(9-12)11-18(13(2)22-19)21(26)24-17-6-4-5-15(10-17)20-23-14(3)27-25-20/h4-11H,1-3H3,(H,24,26). The summed E-state index contributed by atoms with van der Waals surface area (Å²) in [6.45, 7) is 5.59. The number of aromatic nitrogens is 3. The highest BCUT2D eigenvalue weighted by Gasteiger charge is 2.13. The van der Waals surface area contributed by atoms with E-state index in [2.05, 4.69) is 20.4 Å². The molecule has 6 nitrogen and oxygen atoms in total. The Morgan fingerprint density at radius 1 is 1.00 bits per heavy atom. The second-order valence-corrected chi connectivity index (χ2v) is 6.49. The molecule has 1 amide bonds. The molecule has 4 rings (SSSR count). The van der Waals surface area contributed by atoms with E-state index in [0.29, 0.717) is 28.7 Å². The Morgan fingerprint density at radius 2 is 1.85 bits per heavy atom. The molecule has 134 valence electrons. The van der Waals surface area contributed by atoms with Crippen molar-refractivity contribution < 1.29 is 9.32 Å². The predicted octanol–water partition coefficient (Wildman–Crippen LogP) is 4.46. The molecule has 0 atom stereocenters. The lowest BCUT2D eigenvalue weighted by Gasteiger charge is -2.10. The van der Waals surface area contributed by atoms with Gasteiger partial charge in [-0.15, -0.1) is 0 Å². The fourth-order valence-corrected chi connectivity index (χ4v) is 2.97. The van der Waals surface area contributed by atoms with Gasteiger partial charge >= 0.3 is 0 Å². The fourth-order valence-electron chi connectivity index (χ4n) is 2.97. The van der Waals surface area contributed by atoms with Crippen LogP contribution >= 0.6 is 0 Å². The maximum atomic E-state index is 12.8. The van der Waals surface area contributed by atoms with E-state index in [1.165, 1.54) is 0 Å². The molecule has 2 aromatic heterocycles. The molecule has 0 fully saturated rings. The summed E-state index contributed by atoms with van der Waals surface area (Å²) >= 11 is 0. The molecule has 0 spiro atoms. The van der Waals surface area contributed by atoms with E-state index in [1.807, 2.05) is 62.4 Å². The van der Waals surface area contributed by atoms with Crippen LogP contribution in [0.3, 0.4) is 0 Å². The number of pyridine rings is 1. The van der Waals surface area contributed by atoms with Gasteiger partial charge in [-0.3, -0.25) is 9.78 Å². The van der Waals surface area contributed by atoms with Crippen molar-refractivity contribution in [2.45, 2.75) is 20.8 Å². The van der Waals surface area contributed by atoms with Crippen molar-refractivity contribution in [2.24, 2.45) is 0 Å². The molecule has 2 aromatic carbocycles. The average Bonchev–Trinajstić information content (AvgIpc) is 3.08. The second-order valence-electron chi connectivity index (χ2n) is 6.49. The molecule has 4 aromatic rings. The monoisotopic (exact) mass is 358 g/mol. The summed E-state index contributed by atoms with van der Waals surface area (Å²) in [7, 11) is 0. The third-order valence-electron chi connectivity index (χ3n) is 4.31. The summed E-state index contributed by atoms with van der Waals surface area (Å²) in [5.41, 5.74) is 4.67. The smallest absolute Gasteiger partial charge is 0.257 e. The summed E-state index contributed by atoms with van der Waals surface area (Å²) in [5.74, 6) is 0.778. The van der Waals surface area contributed by atoms with Crippen LogP contribution in [0.4, 0.5) is 5.69 Å². The summed E-state index contributed by atoms with van der Waals surface area (Å²) in [6, 6.07) is 15.2. The number of hydrogen-bond donors (Lipinski definition) is 1. The Hall–Kier alpha value is -3.54. The highest BCUT2D eigenvalue weighted by molar-refractivity contribution is 6.07. The molecule has 0 radical (unpaired) electrons. The van der Waals surface area contributed by atoms with E-state index in [0.717, 1.165) is 22.0 Å². The molecule has 1 N–H and O–H groups in total. The second kappa shape index (κ2) is 6.64. The number of rotatable bonds is 3. The van der Waals surface area contributed by atoms with E-state index in [1.54, 1.807) is 6.92 Å². The number of carbonyl (C=O) groups is 1. The molecule has 6 heteroatoms. The number of aryl methyl sites for hydroxylation is 3. The van der Waals surface area contributed by atoms with Crippen molar-refractivity contribution in [1.82, 2.24) is 15.1 Å². The largest absolute Gasteiger partial charge is 0.339 e. The van der Waals surface area contributed by atoms with Gasteiger partial charge in [-0.05, 0) is 44.2 Å². The summed E-state index contributed by atoms with van der Waals surface area (Å²) < 4.78 is 5.02. The van der Waals surface area contributed by atoms with Crippen molar-refractivity contribution in [3.8, 4) is 11.4 Å². The third kappa shape index (κ3) is 3.42. The molecule has 2 heterocycles. The Balaban J connectivity index is 1.64. The molecule has 0 aliphatic carbocycles. The predicted molar refractivity (Wildman–Crippen MR) is 104 cm³/mol. The number of anilines is 1. The zero-order valence-corrected chi connectivity index (χ0v) is 15.3. The Kier molecular flexibility index (Phi) is 4.16. The van der Waals surface area contributed by atoms with Crippen molar-refractivity contribution in [1.29, 1.82) is 0 Å². The average molecular weight is 358 g/mol. The maximum absolute atomic E-state index is 12.8. The number of amides is 1. The van der Waals surface area contributed by atoms with E-state index in [-0.39, 0.29) is 5.91 Å². The SMILES string of the molecule is Cc1ccc2nc(C)c(C(=O)Nc3cccc(-c4noc(C)n4)c3)cc2c1. The molecule has 0 saturated heterocycles. The van der Waals surface area contributed by atoms with Crippen LogP contribution in [0.15, 0.2) is 53.1 Å². The number of nitrogens with one attached hydrogen (secondary N) is 1. The fraction of sp³-hybridized carbons (Fsp3) is 0.143. The minimum atomic E-state index is -0.204. The van der Waals surface area contributed by atoms with Crippen molar-refractivity contribution >= 4 is 22.5 Å². The van der Waals surface area contributed by atoms with E-state index >= 15 is 0 Å². The van der Waals surface area contributed by atoms with Crippen LogP contribution in [0.5, 0.6) is 0 Å². The third-order valence-corrected chi connectivity index (χ3v) is 4.31. The van der Waals surface area contributed by atoms with E-state index in [9.17, 15) is 4.79 Å². The minimum absolute atomic E-state index is 0.204. The quantitative estimate of drug-likeness (QED) is 0.585. The lowest BCUT2D eigenvalue weighted by Crippen LogP contribution is -2.14. The van der Waals surface area contributed by atoms with Gasteiger partial charge in [0.25, 0.3) is 5.91 Å². The van der Waals surface area contributed by atoms with Gasteiger partial charge < -0.3 is 9.84 Å². The molecule has 27 heavy (non-hydrogen) atoms. The highest BCUT2D eigenvalue weighted by atomic mass is 16.5. The molecule has 0 bridgehead atoms. The number of fused-ring (bicyclic) bond motifs is 1. The normalized spacial score (nSPS) is 10.9. The molecular formula is C21H18N4O2. The zero-order chi connectivity index (χ0) is 19.0. The Morgan fingerprint density at radius 3 is 2.63 bits per heavy atom. The van der Waals surface area contributed by atoms with Crippen LogP contribution in [0.25, 0.3) is 22.3 Å². The van der Waals surface area contributed by atoms with Crippen LogP contribution in [-0.2, 0) is 0 Å². The van der Waals surface area contributed by atoms with Crippen LogP contribution < -0.4 is 5.32 Å². The molecule has 0 saturated carbocycles. The van der Waals surface area contributed by atoms with Crippen molar-refractivity contribution in [3.63, 3.8) is 0 Å². The van der Waals surface area contributed by atoms with Crippen LogP contribution in [0.1, 0.15) is 27.5 Å². The summed E-state index contributed by atoms with van der Waals surface area (Å²) in [5, 5.41) is 7.79. The zero-order valence-electron chi connectivity index (χ0n) is 15.3. The maximum Gasteiger partial charge on any atom is 0.257 e. The first-order valence-electron chi connectivity index (χ1n) is 8.60. The van der Waals surface area contributed by atoms with Gasteiger partial charge in [-0.1, -0.05) is 28.9 Å². The summed E-state index contributed by atoms with van der Waals surface area (Å²) in [6.07, 6.45) is 0. The molecule has 0 aliphatic heterocycles. The van der Waals surface area contributed by atoms with E-state index < -0.39 is 0 Å². The Bertz CT molecular complexity index is 1160. The molecule has 0 aliphatic rings. The first-order chi connectivity index (χ1) is 13.0. The number of benzene rings is 2. The molecule has 0 unspecified atom stereocenters. The molecular weight excluding hydrogens is 340 g/mol. The van der Waals surface area contributed by atoms with Crippen LogP contribution in [0, 0.1) is 20.8 Å². The lowest BCUT2D eigenvalue weighted by atomic mass is 10.1. The van der Waals surface area contributed by atoms with Gasteiger partial charge in [0.2, 0.25) is 11.7 Å². The minimum Gasteiger partial charge on any atom is -0.339 e. The van der Waals surface area contributed by atoms with Crippen LogP contribution in [0.2, 0.25) is 0 Å². The number of nitrogens with zero attached hydrogens (tertiary/aromatic N) is 3. The van der Waals surface area contributed by atoms with Crippen molar-refractivity contribution in [3.05, 3.63) is 71.2 Å². The summed E-state index contributed by atoms with van der Waals surface area (Å²) in [4.78, 5) is 21.6. The number of hydrogen-bond acceptors (Lipinski definition) is 5. The van der Waals surface area contributed by atoms with Gasteiger partial charge in [-0.25, -0.2) is 0 Å². The Labute approximate surface area is 156 Å². The van der Waals surface area contributed by atoms with Crippen molar-refractivity contribution in [2.75, 3.05) is 5.32 Å². The van der Waals surface area contributed by atoms with Gasteiger partial charge in [-0.2, -0.15) is 4.98 Å².